The van der Waals surface area contributed by atoms with Crippen LogP contribution in [0.15, 0.2) is 53.5 Å². The number of aromatic hydroxyl groups is 1. The van der Waals surface area contributed by atoms with Gasteiger partial charge in [0.15, 0.2) is 0 Å². The van der Waals surface area contributed by atoms with Gasteiger partial charge in [0.1, 0.15) is 5.71 Å². The number of likely N-dealkylation sites (N-methyl/N-ethyl adjacent to an activating group) is 1. The van der Waals surface area contributed by atoms with E-state index in [1.807, 2.05) is 0 Å². The first-order chi connectivity index (χ1) is 13.5. The number of ketones is 1. The molecule has 1 unspecified atom stereocenters. The van der Waals surface area contributed by atoms with Crippen molar-refractivity contribution in [3.63, 3.8) is 0 Å². The number of rotatable bonds is 4. The van der Waals surface area contributed by atoms with Gasteiger partial charge in [-0.05, 0) is 18.2 Å². The van der Waals surface area contributed by atoms with Crippen molar-refractivity contribution in [3.8, 4) is 5.88 Å². The number of carbonyl (C=O) groups excluding carboxylic acids is 2. The van der Waals surface area contributed by atoms with E-state index >= 15 is 0 Å². The third kappa shape index (κ3) is 2.84. The van der Waals surface area contributed by atoms with Crippen LogP contribution in [0.2, 0.25) is 0 Å². The normalized spacial score (nSPS) is 14.1. The molecule has 0 radical (unpaired) electrons. The highest BCUT2D eigenvalue weighted by Crippen LogP contribution is 2.37. The Morgan fingerprint density at radius 3 is 2.68 bits per heavy atom. The standard InChI is InChI=1S/C20H18N4O4/c1-23(28)11-10-21-20(27)24-15-9-5-3-7-13(15)16(19(24)26)17-18(25)12-6-2-4-8-14(12)22-17/h2-9,23,26H,10-11H2,1H3,(H,21,27). The fourth-order valence-electron chi connectivity index (χ4n) is 3.32. The number of quaternary nitrogens is 1. The highest BCUT2D eigenvalue weighted by molar-refractivity contribution is 6.56. The molecule has 3 aromatic rings. The van der Waals surface area contributed by atoms with Crippen molar-refractivity contribution < 1.29 is 19.8 Å². The van der Waals surface area contributed by atoms with Crippen LogP contribution in [-0.4, -0.2) is 47.3 Å². The SMILES string of the molecule is C[NH+]([O-])CCNC(=O)n1c(O)c(C2=Nc3ccccc3C2=O)c2ccccc21. The Morgan fingerprint density at radius 2 is 1.93 bits per heavy atom. The largest absolute Gasteiger partial charge is 0.634 e. The van der Waals surface area contributed by atoms with Gasteiger partial charge in [0, 0.05) is 10.9 Å². The third-order valence-corrected chi connectivity index (χ3v) is 4.64. The molecule has 1 aliphatic heterocycles. The summed E-state index contributed by atoms with van der Waals surface area (Å²) in [5, 5.41) is 25.1. The fourth-order valence-corrected chi connectivity index (χ4v) is 3.32. The lowest BCUT2D eigenvalue weighted by molar-refractivity contribution is -0.824. The number of hydrogen-bond acceptors (Lipinski definition) is 5. The van der Waals surface area contributed by atoms with Crippen molar-refractivity contribution in [1.82, 2.24) is 9.88 Å². The predicted octanol–water partition coefficient (Wildman–Crippen LogP) is 1.23. The Labute approximate surface area is 160 Å². The van der Waals surface area contributed by atoms with Gasteiger partial charge in [0.05, 0.1) is 36.9 Å². The molecule has 0 saturated heterocycles. The second-order valence-corrected chi connectivity index (χ2v) is 6.54. The van der Waals surface area contributed by atoms with Crippen molar-refractivity contribution in [1.29, 1.82) is 0 Å². The fraction of sp³-hybridized carbons (Fsp3) is 0.150. The molecule has 142 valence electrons. The van der Waals surface area contributed by atoms with Crippen LogP contribution in [0.4, 0.5) is 10.5 Å². The number of aromatic nitrogens is 1. The van der Waals surface area contributed by atoms with Crippen LogP contribution in [0.25, 0.3) is 10.9 Å². The van der Waals surface area contributed by atoms with Gasteiger partial charge in [-0.2, -0.15) is 0 Å². The van der Waals surface area contributed by atoms with Crippen LogP contribution >= 0.6 is 0 Å². The van der Waals surface area contributed by atoms with E-state index < -0.39 is 6.03 Å². The van der Waals surface area contributed by atoms with Crippen molar-refractivity contribution >= 4 is 34.1 Å². The van der Waals surface area contributed by atoms with Crippen LogP contribution in [0.1, 0.15) is 15.9 Å². The highest BCUT2D eigenvalue weighted by Gasteiger charge is 2.32. The molecule has 1 atom stereocenters. The highest BCUT2D eigenvalue weighted by atomic mass is 16.5. The minimum Gasteiger partial charge on any atom is -0.634 e. The molecule has 4 rings (SSSR count). The number of para-hydroxylation sites is 2. The van der Waals surface area contributed by atoms with E-state index in [1.54, 1.807) is 48.5 Å². The van der Waals surface area contributed by atoms with Gasteiger partial charge in [0.2, 0.25) is 11.7 Å². The number of Topliss-reactive ketones (excluding diaryl/α,β-unsaturated/α-hetero) is 1. The smallest absolute Gasteiger partial charge is 0.329 e. The maximum absolute atomic E-state index is 12.8. The molecule has 1 aliphatic rings. The lowest BCUT2D eigenvalue weighted by atomic mass is 10.0. The molecule has 1 amide bonds. The minimum atomic E-state index is -0.579. The number of carbonyl (C=O) groups is 2. The molecule has 2 aromatic carbocycles. The molecular weight excluding hydrogens is 360 g/mol. The monoisotopic (exact) mass is 378 g/mol. The zero-order valence-corrected chi connectivity index (χ0v) is 15.1. The molecule has 28 heavy (non-hydrogen) atoms. The van der Waals surface area contributed by atoms with E-state index in [-0.39, 0.29) is 41.1 Å². The number of benzene rings is 2. The molecule has 1 aromatic heterocycles. The lowest BCUT2D eigenvalue weighted by Crippen LogP contribution is -3.04. The quantitative estimate of drug-likeness (QED) is 0.593. The van der Waals surface area contributed by atoms with Crippen molar-refractivity contribution in [2.75, 3.05) is 20.1 Å². The molecule has 0 saturated carbocycles. The Balaban J connectivity index is 1.80. The van der Waals surface area contributed by atoms with E-state index in [4.69, 9.17) is 0 Å². The van der Waals surface area contributed by atoms with Gasteiger partial charge >= 0.3 is 6.03 Å². The Morgan fingerprint density at radius 1 is 1.21 bits per heavy atom. The summed E-state index contributed by atoms with van der Waals surface area (Å²) in [6, 6.07) is 13.3. The van der Waals surface area contributed by atoms with Crippen molar-refractivity contribution in [3.05, 3.63) is 64.9 Å². The number of hydrogen-bond donors (Lipinski definition) is 3. The zero-order valence-electron chi connectivity index (χ0n) is 15.1. The van der Waals surface area contributed by atoms with Crippen LogP contribution in [0.5, 0.6) is 5.88 Å². The van der Waals surface area contributed by atoms with Crippen molar-refractivity contribution in [2.45, 2.75) is 0 Å². The van der Waals surface area contributed by atoms with Crippen molar-refractivity contribution in [2.24, 2.45) is 4.99 Å². The van der Waals surface area contributed by atoms with Crippen LogP contribution in [0.3, 0.4) is 0 Å². The third-order valence-electron chi connectivity index (χ3n) is 4.64. The van der Waals surface area contributed by atoms with E-state index in [9.17, 15) is 19.9 Å². The number of amides is 1. The average molecular weight is 378 g/mol. The Hall–Kier alpha value is -3.49. The molecule has 0 fully saturated rings. The Bertz CT molecular complexity index is 1130. The summed E-state index contributed by atoms with van der Waals surface area (Å²) in [5.41, 5.74) is 1.76. The lowest BCUT2D eigenvalue weighted by Gasteiger charge is -2.16. The summed E-state index contributed by atoms with van der Waals surface area (Å²) in [7, 11) is 1.44. The molecule has 0 bridgehead atoms. The average Bonchev–Trinajstić information content (AvgIpc) is 3.15. The summed E-state index contributed by atoms with van der Waals surface area (Å²) in [5.74, 6) is -0.660. The number of nitrogens with zero attached hydrogens (tertiary/aromatic N) is 2. The molecule has 3 N–H and O–H groups in total. The second kappa shape index (κ2) is 6.91. The van der Waals surface area contributed by atoms with Gasteiger partial charge < -0.3 is 20.7 Å². The van der Waals surface area contributed by atoms with Gasteiger partial charge in [-0.25, -0.2) is 14.4 Å². The number of hydroxylamine groups is 2. The van der Waals surface area contributed by atoms with Crippen LogP contribution in [0, 0.1) is 5.21 Å². The van der Waals surface area contributed by atoms with Gasteiger partial charge in [-0.1, -0.05) is 30.3 Å². The maximum atomic E-state index is 12.8. The Kier molecular flexibility index (Phi) is 4.42. The zero-order chi connectivity index (χ0) is 19.8. The first kappa shape index (κ1) is 17.9. The maximum Gasteiger partial charge on any atom is 0.329 e. The van der Waals surface area contributed by atoms with E-state index in [0.717, 1.165) is 4.57 Å². The first-order valence-electron chi connectivity index (χ1n) is 8.82. The molecule has 2 heterocycles. The molecule has 8 nitrogen and oxygen atoms in total. The topological polar surface area (TPSA) is 111 Å². The number of nitrogens with one attached hydrogen (secondary N) is 2. The van der Waals surface area contributed by atoms with E-state index in [1.165, 1.54) is 7.05 Å². The molecule has 0 spiro atoms. The molecule has 0 aliphatic carbocycles. The minimum absolute atomic E-state index is 0.0498. The number of aliphatic imine (C=N–C) groups is 1. The van der Waals surface area contributed by atoms with E-state index in [2.05, 4.69) is 10.3 Å². The van der Waals surface area contributed by atoms with Gasteiger partial charge in [-0.3, -0.25) is 4.79 Å². The van der Waals surface area contributed by atoms with Crippen LogP contribution in [-0.2, 0) is 0 Å². The second-order valence-electron chi connectivity index (χ2n) is 6.54. The van der Waals surface area contributed by atoms with Crippen LogP contribution < -0.4 is 10.4 Å². The summed E-state index contributed by atoms with van der Waals surface area (Å²) < 4.78 is 1.10. The predicted molar refractivity (Wildman–Crippen MR) is 104 cm³/mol. The number of fused-ring (bicyclic) bond motifs is 2. The summed E-state index contributed by atoms with van der Waals surface area (Å²) >= 11 is 0. The molecular formula is C20H18N4O4. The first-order valence-corrected chi connectivity index (χ1v) is 8.82. The van der Waals surface area contributed by atoms with Gasteiger partial charge in [0.25, 0.3) is 0 Å². The summed E-state index contributed by atoms with van der Waals surface area (Å²) in [6.45, 7) is 0.347. The van der Waals surface area contributed by atoms with E-state index in [0.29, 0.717) is 22.2 Å². The summed E-state index contributed by atoms with van der Waals surface area (Å²) in [6.07, 6.45) is 0. The van der Waals surface area contributed by atoms with Gasteiger partial charge in [-0.15, -0.1) is 0 Å². The summed E-state index contributed by atoms with van der Waals surface area (Å²) in [4.78, 5) is 29.9. The molecule has 8 heteroatoms.